The number of nitrogens with zero attached hydrogens (tertiary/aromatic N) is 2. The molecule has 0 spiro atoms. The van der Waals surface area contributed by atoms with Gasteiger partial charge in [0.05, 0.1) is 29.9 Å². The molecule has 1 saturated heterocycles. The number of benzene rings is 2. The van der Waals surface area contributed by atoms with Gasteiger partial charge in [-0.15, -0.1) is 11.8 Å². The third kappa shape index (κ3) is 3.83. The van der Waals surface area contributed by atoms with Crippen LogP contribution in [0.5, 0.6) is 0 Å². The average Bonchev–Trinajstić information content (AvgIpc) is 3.33. The molecular formula is C20H20ClN3O2S. The van der Waals surface area contributed by atoms with Gasteiger partial charge in [0.2, 0.25) is 0 Å². The van der Waals surface area contributed by atoms with E-state index in [1.165, 1.54) is 12.7 Å². The number of hydrogen-bond acceptors (Lipinski definition) is 5. The summed E-state index contributed by atoms with van der Waals surface area (Å²) in [7, 11) is 1.41. The number of carbonyl (C=O) groups is 1. The van der Waals surface area contributed by atoms with Crippen LogP contribution in [0.25, 0.3) is 10.9 Å². The Labute approximate surface area is 167 Å². The Morgan fingerprint density at radius 3 is 2.96 bits per heavy atom. The molecule has 4 rings (SSSR count). The SMILES string of the molecule is COC(=O)[C@@H]1C[C@@H](n2ncc3c(Cl)cc(SCc4ccccc4)cc32)CN1. The average molecular weight is 402 g/mol. The molecule has 0 radical (unpaired) electrons. The maximum absolute atomic E-state index is 11.8. The summed E-state index contributed by atoms with van der Waals surface area (Å²) in [5.74, 6) is 0.651. The van der Waals surface area contributed by atoms with E-state index in [4.69, 9.17) is 16.3 Å². The van der Waals surface area contributed by atoms with E-state index in [2.05, 4.69) is 28.6 Å². The maximum Gasteiger partial charge on any atom is 0.322 e. The standard InChI is InChI=1S/C20H20ClN3O2S/c1-26-20(25)18-7-14(10-22-18)24-19-9-15(8-17(21)16(19)11-23-24)27-12-13-5-3-2-4-6-13/h2-6,8-9,11,14,18,22H,7,10,12H2,1H3/t14-,18+/m1/s1. The molecular weight excluding hydrogens is 382 g/mol. The fourth-order valence-corrected chi connectivity index (χ4v) is 4.67. The summed E-state index contributed by atoms with van der Waals surface area (Å²) in [5.41, 5.74) is 2.27. The second-order valence-corrected chi connectivity index (χ2v) is 8.03. The minimum Gasteiger partial charge on any atom is -0.468 e. The molecule has 1 aromatic heterocycles. The lowest BCUT2D eigenvalue weighted by molar-refractivity contribution is -0.142. The van der Waals surface area contributed by atoms with Crippen molar-refractivity contribution >= 4 is 40.2 Å². The minimum absolute atomic E-state index is 0.0945. The Kier molecular flexibility index (Phi) is 5.38. The van der Waals surface area contributed by atoms with Gasteiger partial charge in [0.1, 0.15) is 6.04 Å². The van der Waals surface area contributed by atoms with Crippen LogP contribution in [0.4, 0.5) is 0 Å². The number of carbonyl (C=O) groups excluding carboxylic acids is 1. The van der Waals surface area contributed by atoms with Crippen molar-refractivity contribution in [3.05, 3.63) is 59.2 Å². The van der Waals surface area contributed by atoms with Gasteiger partial charge in [-0.1, -0.05) is 41.9 Å². The number of nitrogens with one attached hydrogen (secondary N) is 1. The van der Waals surface area contributed by atoms with Crippen molar-refractivity contribution in [3.63, 3.8) is 0 Å². The largest absolute Gasteiger partial charge is 0.468 e. The fraction of sp³-hybridized carbons (Fsp3) is 0.300. The van der Waals surface area contributed by atoms with E-state index in [0.717, 1.165) is 21.6 Å². The molecule has 1 fully saturated rings. The predicted octanol–water partition coefficient (Wildman–Crippen LogP) is 4.06. The summed E-state index contributed by atoms with van der Waals surface area (Å²) in [6.07, 6.45) is 2.46. The molecule has 1 N–H and O–H groups in total. The smallest absolute Gasteiger partial charge is 0.322 e. The number of thioether (sulfide) groups is 1. The Bertz CT molecular complexity index is 961. The lowest BCUT2D eigenvalue weighted by Crippen LogP contribution is -2.31. The number of esters is 1. The summed E-state index contributed by atoms with van der Waals surface area (Å²) in [6, 6.07) is 14.3. The third-order valence-corrected chi connectivity index (χ3v) is 6.19. The Morgan fingerprint density at radius 2 is 2.19 bits per heavy atom. The second-order valence-electron chi connectivity index (χ2n) is 6.57. The molecule has 3 aromatic rings. The van der Waals surface area contributed by atoms with E-state index in [9.17, 15) is 4.79 Å². The van der Waals surface area contributed by atoms with Crippen molar-refractivity contribution in [1.82, 2.24) is 15.1 Å². The number of rotatable bonds is 5. The highest BCUT2D eigenvalue weighted by atomic mass is 35.5. The first-order valence-electron chi connectivity index (χ1n) is 8.80. The first kappa shape index (κ1) is 18.3. The molecule has 1 aliphatic heterocycles. The van der Waals surface area contributed by atoms with Crippen molar-refractivity contribution in [2.24, 2.45) is 0 Å². The van der Waals surface area contributed by atoms with Crippen molar-refractivity contribution in [2.75, 3.05) is 13.7 Å². The van der Waals surface area contributed by atoms with Crippen molar-refractivity contribution in [2.45, 2.75) is 29.2 Å². The molecule has 1 aliphatic rings. The van der Waals surface area contributed by atoms with Crippen LogP contribution in [-0.4, -0.2) is 35.4 Å². The van der Waals surface area contributed by atoms with Crippen LogP contribution < -0.4 is 5.32 Å². The first-order valence-corrected chi connectivity index (χ1v) is 10.2. The van der Waals surface area contributed by atoms with E-state index in [1.54, 1.807) is 18.0 Å². The molecule has 0 unspecified atom stereocenters. The zero-order chi connectivity index (χ0) is 18.8. The number of fused-ring (bicyclic) bond motifs is 1. The molecule has 7 heteroatoms. The van der Waals surface area contributed by atoms with Crippen LogP contribution in [0.15, 0.2) is 53.6 Å². The van der Waals surface area contributed by atoms with Crippen LogP contribution in [0.3, 0.4) is 0 Å². The maximum atomic E-state index is 11.8. The zero-order valence-electron chi connectivity index (χ0n) is 14.9. The molecule has 27 heavy (non-hydrogen) atoms. The fourth-order valence-electron chi connectivity index (χ4n) is 3.42. The monoisotopic (exact) mass is 401 g/mol. The van der Waals surface area contributed by atoms with E-state index in [-0.39, 0.29) is 18.1 Å². The number of aromatic nitrogens is 2. The van der Waals surface area contributed by atoms with Gasteiger partial charge in [-0.05, 0) is 24.1 Å². The van der Waals surface area contributed by atoms with Crippen LogP contribution in [-0.2, 0) is 15.3 Å². The van der Waals surface area contributed by atoms with Gasteiger partial charge in [0.25, 0.3) is 0 Å². The lowest BCUT2D eigenvalue weighted by atomic mass is 10.1. The zero-order valence-corrected chi connectivity index (χ0v) is 16.5. The van der Waals surface area contributed by atoms with E-state index in [0.29, 0.717) is 18.0 Å². The Hall–Kier alpha value is -2.02. The predicted molar refractivity (Wildman–Crippen MR) is 108 cm³/mol. The Morgan fingerprint density at radius 1 is 1.37 bits per heavy atom. The Balaban J connectivity index is 1.58. The lowest BCUT2D eigenvalue weighted by Gasteiger charge is -2.12. The number of ether oxygens (including phenoxy) is 1. The quantitative estimate of drug-likeness (QED) is 0.516. The normalized spacial score (nSPS) is 19.5. The number of methoxy groups -OCH3 is 1. The minimum atomic E-state index is -0.287. The van der Waals surface area contributed by atoms with Gasteiger partial charge < -0.3 is 10.1 Å². The summed E-state index contributed by atoms with van der Waals surface area (Å²) in [5, 5.41) is 9.39. The molecule has 0 saturated carbocycles. The van der Waals surface area contributed by atoms with Crippen LogP contribution >= 0.6 is 23.4 Å². The van der Waals surface area contributed by atoms with Crippen molar-refractivity contribution < 1.29 is 9.53 Å². The van der Waals surface area contributed by atoms with Crippen molar-refractivity contribution in [3.8, 4) is 0 Å². The summed E-state index contributed by atoms with van der Waals surface area (Å²) in [4.78, 5) is 12.9. The molecule has 2 atom stereocenters. The topological polar surface area (TPSA) is 56.2 Å². The molecule has 2 aromatic carbocycles. The third-order valence-electron chi connectivity index (χ3n) is 4.83. The first-order chi connectivity index (χ1) is 13.2. The molecule has 0 amide bonds. The summed E-state index contributed by atoms with van der Waals surface area (Å²) in [6.45, 7) is 0.676. The summed E-state index contributed by atoms with van der Waals surface area (Å²) >= 11 is 8.26. The number of halogens is 1. The molecule has 0 bridgehead atoms. The van der Waals surface area contributed by atoms with E-state index >= 15 is 0 Å². The highest BCUT2D eigenvalue weighted by Gasteiger charge is 2.32. The molecule has 140 valence electrons. The van der Waals surface area contributed by atoms with Gasteiger partial charge >= 0.3 is 5.97 Å². The molecule has 2 heterocycles. The van der Waals surface area contributed by atoms with Gasteiger partial charge in [0, 0.05) is 22.6 Å². The van der Waals surface area contributed by atoms with Gasteiger partial charge in [0.15, 0.2) is 0 Å². The highest BCUT2D eigenvalue weighted by molar-refractivity contribution is 7.98. The highest BCUT2D eigenvalue weighted by Crippen LogP contribution is 2.34. The summed E-state index contributed by atoms with van der Waals surface area (Å²) < 4.78 is 6.82. The van der Waals surface area contributed by atoms with Gasteiger partial charge in [-0.2, -0.15) is 5.10 Å². The van der Waals surface area contributed by atoms with Gasteiger partial charge in [-0.3, -0.25) is 9.48 Å². The van der Waals surface area contributed by atoms with Crippen LogP contribution in [0.1, 0.15) is 18.0 Å². The molecule has 5 nitrogen and oxygen atoms in total. The molecule has 0 aliphatic carbocycles. The van der Waals surface area contributed by atoms with Gasteiger partial charge in [-0.25, -0.2) is 0 Å². The number of hydrogen-bond donors (Lipinski definition) is 1. The van der Waals surface area contributed by atoms with Crippen LogP contribution in [0.2, 0.25) is 5.02 Å². The van der Waals surface area contributed by atoms with Crippen LogP contribution in [0, 0.1) is 0 Å². The second kappa shape index (κ2) is 7.92. The van der Waals surface area contributed by atoms with E-state index in [1.807, 2.05) is 28.9 Å². The van der Waals surface area contributed by atoms with E-state index < -0.39 is 0 Å². The van der Waals surface area contributed by atoms with Crippen molar-refractivity contribution in [1.29, 1.82) is 0 Å².